The van der Waals surface area contributed by atoms with E-state index in [1.54, 1.807) is 17.9 Å². The second-order valence-corrected chi connectivity index (χ2v) is 5.37. The molecule has 2 heterocycles. The highest BCUT2D eigenvalue weighted by Crippen LogP contribution is 2.31. The summed E-state index contributed by atoms with van der Waals surface area (Å²) in [5.41, 5.74) is 1.85. The molecule has 1 aliphatic rings. The molecule has 118 valence electrons. The lowest BCUT2D eigenvalue weighted by Crippen LogP contribution is -2.51. The van der Waals surface area contributed by atoms with E-state index in [-0.39, 0.29) is 25.3 Å². The van der Waals surface area contributed by atoms with Crippen molar-refractivity contribution in [2.75, 3.05) is 6.54 Å². The third-order valence-corrected chi connectivity index (χ3v) is 3.98. The second kappa shape index (κ2) is 6.05. The van der Waals surface area contributed by atoms with Crippen LogP contribution in [-0.4, -0.2) is 34.5 Å². The Labute approximate surface area is 120 Å². The van der Waals surface area contributed by atoms with Gasteiger partial charge in [-0.25, -0.2) is 0 Å². The average Bonchev–Trinajstić information content (AvgIpc) is 2.75. The van der Waals surface area contributed by atoms with Gasteiger partial charge in [-0.05, 0) is 19.8 Å². The quantitative estimate of drug-likeness (QED) is 0.884. The lowest BCUT2D eigenvalue weighted by molar-refractivity contribution is -0.180. The number of piperidine rings is 1. The molecule has 5 nitrogen and oxygen atoms in total. The Bertz CT molecular complexity index is 504. The predicted molar refractivity (Wildman–Crippen MR) is 70.4 cm³/mol. The van der Waals surface area contributed by atoms with Crippen molar-refractivity contribution in [3.8, 4) is 0 Å². The summed E-state index contributed by atoms with van der Waals surface area (Å²) in [4.78, 5) is 12.0. The van der Waals surface area contributed by atoms with Crippen molar-refractivity contribution in [2.24, 2.45) is 13.0 Å². The fourth-order valence-corrected chi connectivity index (χ4v) is 2.38. The van der Waals surface area contributed by atoms with Crippen molar-refractivity contribution in [1.29, 1.82) is 0 Å². The van der Waals surface area contributed by atoms with Gasteiger partial charge in [0, 0.05) is 31.4 Å². The lowest BCUT2D eigenvalue weighted by atomic mass is 9.94. The number of amides is 1. The maximum absolute atomic E-state index is 12.5. The van der Waals surface area contributed by atoms with Crippen LogP contribution in [-0.2, 0) is 18.4 Å². The van der Waals surface area contributed by atoms with E-state index in [0.717, 1.165) is 11.3 Å². The Balaban J connectivity index is 1.81. The van der Waals surface area contributed by atoms with E-state index in [9.17, 15) is 18.0 Å². The number of carbonyl (C=O) groups excluding carboxylic acids is 1. The average molecular weight is 304 g/mol. The van der Waals surface area contributed by atoms with Crippen LogP contribution < -0.4 is 10.6 Å². The van der Waals surface area contributed by atoms with Gasteiger partial charge in [-0.3, -0.25) is 9.48 Å². The summed E-state index contributed by atoms with van der Waals surface area (Å²) < 4.78 is 39.3. The molecule has 0 radical (unpaired) electrons. The number of aromatic nitrogens is 2. The fourth-order valence-electron chi connectivity index (χ4n) is 2.38. The van der Waals surface area contributed by atoms with Gasteiger partial charge < -0.3 is 10.6 Å². The first-order chi connectivity index (χ1) is 9.79. The zero-order valence-electron chi connectivity index (χ0n) is 12.0. The number of rotatable bonds is 3. The van der Waals surface area contributed by atoms with Crippen LogP contribution in [0.3, 0.4) is 0 Å². The maximum Gasteiger partial charge on any atom is 0.393 e. The first-order valence-corrected chi connectivity index (χ1v) is 6.84. The normalized spacial score (nSPS) is 23.1. The molecule has 0 saturated carbocycles. The molecule has 2 atom stereocenters. The molecule has 2 unspecified atom stereocenters. The third kappa shape index (κ3) is 3.75. The number of hydrogen-bond donors (Lipinski definition) is 2. The highest BCUT2D eigenvalue weighted by Gasteiger charge is 2.42. The van der Waals surface area contributed by atoms with Crippen molar-refractivity contribution >= 4 is 5.91 Å². The van der Waals surface area contributed by atoms with Crippen molar-refractivity contribution in [2.45, 2.75) is 38.5 Å². The standard InChI is InChI=1S/C13H19F3N4O/c1-8-9(6-19-20(8)2)5-18-12(21)11-4-3-10(7-17-11)13(14,15)16/h6,10-11,17H,3-5,7H2,1-2H3,(H,18,21). The molecule has 8 heteroatoms. The fraction of sp³-hybridized carbons (Fsp3) is 0.692. The summed E-state index contributed by atoms with van der Waals surface area (Å²) in [6, 6.07) is -0.555. The Hall–Kier alpha value is -1.57. The van der Waals surface area contributed by atoms with Gasteiger partial charge >= 0.3 is 6.18 Å². The van der Waals surface area contributed by atoms with E-state index in [1.807, 2.05) is 6.92 Å². The van der Waals surface area contributed by atoms with E-state index >= 15 is 0 Å². The SMILES string of the molecule is Cc1c(CNC(=O)C2CCC(C(F)(F)F)CN2)cnn1C. The summed E-state index contributed by atoms with van der Waals surface area (Å²) in [5, 5.41) is 9.49. The van der Waals surface area contributed by atoms with Gasteiger partial charge in [0.15, 0.2) is 0 Å². The Morgan fingerprint density at radius 3 is 2.71 bits per heavy atom. The molecule has 0 aliphatic carbocycles. The van der Waals surface area contributed by atoms with Gasteiger partial charge in [-0.2, -0.15) is 18.3 Å². The number of nitrogens with one attached hydrogen (secondary N) is 2. The van der Waals surface area contributed by atoms with Gasteiger partial charge in [0.1, 0.15) is 0 Å². The van der Waals surface area contributed by atoms with Gasteiger partial charge in [-0.1, -0.05) is 0 Å². The van der Waals surface area contributed by atoms with Crippen LogP contribution in [0.15, 0.2) is 6.20 Å². The highest BCUT2D eigenvalue weighted by atomic mass is 19.4. The summed E-state index contributed by atoms with van der Waals surface area (Å²) >= 11 is 0. The Morgan fingerprint density at radius 1 is 1.52 bits per heavy atom. The van der Waals surface area contributed by atoms with E-state index in [2.05, 4.69) is 15.7 Å². The first kappa shape index (κ1) is 15.8. The second-order valence-electron chi connectivity index (χ2n) is 5.37. The van der Waals surface area contributed by atoms with E-state index < -0.39 is 18.1 Å². The number of hydrogen-bond acceptors (Lipinski definition) is 3. The summed E-state index contributed by atoms with van der Waals surface area (Å²) in [6.07, 6.45) is -2.34. The van der Waals surface area contributed by atoms with E-state index in [4.69, 9.17) is 0 Å². The van der Waals surface area contributed by atoms with Crippen molar-refractivity contribution in [3.05, 3.63) is 17.5 Å². The van der Waals surface area contributed by atoms with Crippen LogP contribution >= 0.6 is 0 Å². The van der Waals surface area contributed by atoms with Crippen molar-refractivity contribution < 1.29 is 18.0 Å². The van der Waals surface area contributed by atoms with Crippen molar-refractivity contribution in [1.82, 2.24) is 20.4 Å². The molecule has 1 aliphatic heterocycles. The Morgan fingerprint density at radius 2 is 2.24 bits per heavy atom. The summed E-state index contributed by atoms with van der Waals surface area (Å²) in [7, 11) is 1.81. The largest absolute Gasteiger partial charge is 0.393 e. The Kier molecular flexibility index (Phi) is 4.55. The number of halogens is 3. The molecule has 0 spiro atoms. The van der Waals surface area contributed by atoms with E-state index in [0.29, 0.717) is 6.54 Å². The van der Waals surface area contributed by atoms with E-state index in [1.165, 1.54) is 0 Å². The smallest absolute Gasteiger partial charge is 0.351 e. The number of nitrogens with zero attached hydrogens (tertiary/aromatic N) is 2. The van der Waals surface area contributed by atoms with Crippen LogP contribution in [0.4, 0.5) is 13.2 Å². The summed E-state index contributed by atoms with van der Waals surface area (Å²) in [6.45, 7) is 2.02. The number of carbonyl (C=O) groups is 1. The molecule has 1 aromatic rings. The molecule has 0 bridgehead atoms. The first-order valence-electron chi connectivity index (χ1n) is 6.84. The van der Waals surface area contributed by atoms with Crippen LogP contribution in [0.1, 0.15) is 24.1 Å². The predicted octanol–water partition coefficient (Wildman–Crippen LogP) is 1.28. The maximum atomic E-state index is 12.5. The minimum atomic E-state index is -4.19. The van der Waals surface area contributed by atoms with Crippen LogP contribution in [0, 0.1) is 12.8 Å². The molecular weight excluding hydrogens is 285 g/mol. The number of alkyl halides is 3. The van der Waals surface area contributed by atoms with Gasteiger partial charge in [-0.15, -0.1) is 0 Å². The monoisotopic (exact) mass is 304 g/mol. The molecule has 2 rings (SSSR count). The van der Waals surface area contributed by atoms with Gasteiger partial charge in [0.2, 0.25) is 5.91 Å². The van der Waals surface area contributed by atoms with Crippen LogP contribution in [0.5, 0.6) is 0 Å². The summed E-state index contributed by atoms with van der Waals surface area (Å²) in [5.74, 6) is -1.62. The van der Waals surface area contributed by atoms with Crippen LogP contribution in [0.2, 0.25) is 0 Å². The molecular formula is C13H19F3N4O. The zero-order chi connectivity index (χ0) is 15.6. The molecule has 0 aromatic carbocycles. The highest BCUT2D eigenvalue weighted by molar-refractivity contribution is 5.81. The molecule has 2 N–H and O–H groups in total. The third-order valence-electron chi connectivity index (χ3n) is 3.98. The zero-order valence-corrected chi connectivity index (χ0v) is 12.0. The molecule has 21 heavy (non-hydrogen) atoms. The van der Waals surface area contributed by atoms with Crippen LogP contribution in [0.25, 0.3) is 0 Å². The lowest BCUT2D eigenvalue weighted by Gasteiger charge is -2.30. The minimum Gasteiger partial charge on any atom is -0.351 e. The van der Waals surface area contributed by atoms with Crippen molar-refractivity contribution in [3.63, 3.8) is 0 Å². The minimum absolute atomic E-state index is 0.0134. The van der Waals surface area contributed by atoms with Gasteiger partial charge in [0.25, 0.3) is 0 Å². The molecule has 1 aromatic heterocycles. The number of aryl methyl sites for hydroxylation is 1. The molecule has 1 saturated heterocycles. The molecule has 1 amide bonds. The van der Waals surface area contributed by atoms with Gasteiger partial charge in [0.05, 0.1) is 18.2 Å². The topological polar surface area (TPSA) is 59.0 Å². The molecule has 1 fully saturated rings.